The van der Waals surface area contributed by atoms with Gasteiger partial charge in [-0.05, 0) is 30.7 Å². The van der Waals surface area contributed by atoms with Gasteiger partial charge in [-0.2, -0.15) is 0 Å². The van der Waals surface area contributed by atoms with Gasteiger partial charge in [-0.15, -0.1) is 12.1 Å². The molecular formula is C27H28BN2OS. The Kier molecular flexibility index (Phi) is 7.84. The van der Waals surface area contributed by atoms with E-state index in [-0.39, 0.29) is 5.78 Å². The highest BCUT2D eigenvalue weighted by atomic mass is 32.2. The second-order valence-corrected chi connectivity index (χ2v) is 9.20. The fraction of sp³-hybridized carbons (Fsp3) is 0.259. The van der Waals surface area contributed by atoms with Crippen molar-refractivity contribution < 1.29 is 9.37 Å². The quantitative estimate of drug-likeness (QED) is 0.334. The average molecular weight is 439 g/mol. The van der Waals surface area contributed by atoms with Crippen LogP contribution in [0.5, 0.6) is 0 Å². The highest BCUT2D eigenvalue weighted by molar-refractivity contribution is 7.99. The third-order valence-electron chi connectivity index (χ3n) is 5.70. The zero-order valence-corrected chi connectivity index (χ0v) is 19.1. The topological polar surface area (TPSA) is 23.3 Å². The number of rotatable bonds is 5. The first-order chi connectivity index (χ1) is 15.7. The van der Waals surface area contributed by atoms with Crippen LogP contribution in [0.25, 0.3) is 0 Å². The van der Waals surface area contributed by atoms with Crippen LogP contribution < -0.4 is 5.46 Å². The van der Waals surface area contributed by atoms with Crippen LogP contribution in [0.4, 0.5) is 0 Å². The lowest BCUT2D eigenvalue weighted by Crippen LogP contribution is -2.43. The molecule has 3 aromatic carbocycles. The summed E-state index contributed by atoms with van der Waals surface area (Å²) in [5.74, 6) is 1.60. The van der Waals surface area contributed by atoms with Gasteiger partial charge in [0.1, 0.15) is 6.54 Å². The molecule has 0 bridgehead atoms. The molecule has 3 radical (unpaired) electrons. The van der Waals surface area contributed by atoms with Crippen LogP contribution in [0, 0.1) is 0 Å². The minimum absolute atomic E-state index is 0.220. The van der Waals surface area contributed by atoms with Crippen LogP contribution in [0.1, 0.15) is 29.6 Å². The first kappa shape index (κ1) is 22.4. The molecule has 2 aliphatic heterocycles. The molecule has 0 aromatic heterocycles. The Morgan fingerprint density at radius 3 is 2.12 bits per heavy atom. The fourth-order valence-corrected chi connectivity index (χ4v) is 4.95. The number of ketones is 1. The molecule has 0 aliphatic carbocycles. The number of nitrogens with zero attached hydrogens (tertiary/aromatic N) is 2. The average Bonchev–Trinajstić information content (AvgIpc) is 3.31. The van der Waals surface area contributed by atoms with Crippen molar-refractivity contribution in [3.8, 4) is 0 Å². The van der Waals surface area contributed by atoms with Gasteiger partial charge in [0.25, 0.3) is 0 Å². The Bertz CT molecular complexity index is 1050. The number of hydrogen-bond acceptors (Lipinski definition) is 3. The smallest absolute Gasteiger partial charge is 0.247 e. The number of benzene rings is 3. The van der Waals surface area contributed by atoms with Crippen LogP contribution in [-0.2, 0) is 0 Å². The van der Waals surface area contributed by atoms with Crippen LogP contribution >= 0.6 is 11.8 Å². The predicted molar refractivity (Wildman–Crippen MR) is 134 cm³/mol. The zero-order chi connectivity index (χ0) is 22.2. The summed E-state index contributed by atoms with van der Waals surface area (Å²) in [4.78, 5) is 17.4. The molecule has 0 atom stereocenters. The van der Waals surface area contributed by atoms with Crippen LogP contribution in [0.15, 0.2) is 94.7 Å². The molecule has 0 fully saturated rings. The van der Waals surface area contributed by atoms with E-state index >= 15 is 0 Å². The number of Topliss-reactive ketones (excluding diaryl/α,β-unsaturated/α-hetero) is 1. The van der Waals surface area contributed by atoms with Gasteiger partial charge in [-0.25, -0.2) is 0 Å². The SMILES string of the molecule is O=C(CN1CCC[N+]2=C1CCC2)c1ccc(Sc2ccccc2)cc1.[B-]c1ccccc1. The molecule has 3 aromatic rings. The minimum Gasteiger partial charge on any atom is -0.580 e. The Morgan fingerprint density at radius 1 is 0.844 bits per heavy atom. The van der Waals surface area contributed by atoms with Crippen molar-refractivity contribution in [3.05, 3.63) is 90.5 Å². The van der Waals surface area contributed by atoms with Gasteiger partial charge in [-0.3, -0.25) is 14.3 Å². The molecule has 0 N–H and O–H groups in total. The molecule has 32 heavy (non-hydrogen) atoms. The molecule has 0 saturated carbocycles. The zero-order valence-electron chi connectivity index (χ0n) is 18.3. The van der Waals surface area contributed by atoms with Gasteiger partial charge in [0.2, 0.25) is 11.6 Å². The van der Waals surface area contributed by atoms with Gasteiger partial charge < -0.3 is 13.3 Å². The predicted octanol–water partition coefficient (Wildman–Crippen LogP) is 4.41. The summed E-state index contributed by atoms with van der Waals surface area (Å²) < 4.78 is 2.45. The number of carbonyl (C=O) groups is 1. The molecular weight excluding hydrogens is 411 g/mol. The van der Waals surface area contributed by atoms with Crippen LogP contribution in [0.3, 0.4) is 0 Å². The summed E-state index contributed by atoms with van der Waals surface area (Å²) in [6.45, 7) is 3.84. The summed E-state index contributed by atoms with van der Waals surface area (Å²) in [6.07, 6.45) is 3.51. The molecule has 0 spiro atoms. The van der Waals surface area contributed by atoms with Crippen molar-refractivity contribution in [3.63, 3.8) is 0 Å². The van der Waals surface area contributed by atoms with E-state index in [9.17, 15) is 4.79 Å². The van der Waals surface area contributed by atoms with Gasteiger partial charge >= 0.3 is 0 Å². The summed E-state index contributed by atoms with van der Waals surface area (Å²) in [5.41, 5.74) is 1.63. The highest BCUT2D eigenvalue weighted by Crippen LogP contribution is 2.27. The standard InChI is InChI=1S/C21H23N2OS.C6H5B/c24-20(16-23-15-5-14-22-13-4-8-21(22)23)17-9-11-19(12-10-17)25-18-6-2-1-3-7-18;7-6-4-2-1-3-5-6/h1-3,6-7,9-12H,4-5,8,13-16H2;1-5H/q+1;-1. The third kappa shape index (κ3) is 6.13. The summed E-state index contributed by atoms with van der Waals surface area (Å²) in [6, 6.07) is 27.8. The van der Waals surface area contributed by atoms with E-state index < -0.39 is 0 Å². The van der Waals surface area contributed by atoms with E-state index in [4.69, 9.17) is 7.85 Å². The molecule has 0 unspecified atom stereocenters. The van der Waals surface area contributed by atoms with Crippen molar-refractivity contribution in [2.24, 2.45) is 0 Å². The first-order valence-corrected chi connectivity index (χ1v) is 12.0. The molecule has 161 valence electrons. The Morgan fingerprint density at radius 2 is 1.47 bits per heavy atom. The number of carbonyl (C=O) groups excluding carboxylic acids is 1. The molecule has 5 rings (SSSR count). The van der Waals surface area contributed by atoms with E-state index in [2.05, 4.69) is 33.7 Å². The van der Waals surface area contributed by atoms with E-state index in [0.717, 1.165) is 48.4 Å². The molecule has 2 aliphatic rings. The molecule has 0 saturated heterocycles. The highest BCUT2D eigenvalue weighted by Gasteiger charge is 2.32. The minimum atomic E-state index is 0.220. The van der Waals surface area contributed by atoms with Crippen LogP contribution in [-0.4, -0.2) is 55.1 Å². The second kappa shape index (κ2) is 11.2. The van der Waals surface area contributed by atoms with E-state index in [1.807, 2.05) is 60.7 Å². The van der Waals surface area contributed by atoms with E-state index in [1.165, 1.54) is 17.2 Å². The molecule has 3 nitrogen and oxygen atoms in total. The summed E-state index contributed by atoms with van der Waals surface area (Å²) in [7, 11) is 5.36. The second-order valence-electron chi connectivity index (χ2n) is 8.06. The van der Waals surface area contributed by atoms with E-state index in [1.54, 1.807) is 11.8 Å². The lowest BCUT2D eigenvalue weighted by molar-refractivity contribution is -0.529. The number of hydrogen-bond donors (Lipinski definition) is 0. The third-order valence-corrected chi connectivity index (χ3v) is 6.72. The summed E-state index contributed by atoms with van der Waals surface area (Å²) >= 11 is 1.72. The van der Waals surface area contributed by atoms with Gasteiger partial charge in [0, 0.05) is 21.8 Å². The lowest BCUT2D eigenvalue weighted by Gasteiger charge is -2.23. The van der Waals surface area contributed by atoms with E-state index in [0.29, 0.717) is 6.54 Å². The maximum Gasteiger partial charge on any atom is 0.247 e. The van der Waals surface area contributed by atoms with Crippen molar-refractivity contribution in [1.82, 2.24) is 4.90 Å². The molecule has 2 heterocycles. The van der Waals surface area contributed by atoms with Gasteiger partial charge in [0.05, 0.1) is 26.1 Å². The van der Waals surface area contributed by atoms with Crippen molar-refractivity contribution in [2.45, 2.75) is 29.1 Å². The lowest BCUT2D eigenvalue weighted by atomic mass is 9.97. The van der Waals surface area contributed by atoms with Crippen molar-refractivity contribution >= 4 is 36.7 Å². The fourth-order valence-electron chi connectivity index (χ4n) is 4.12. The normalized spacial score (nSPS) is 15.1. The van der Waals surface area contributed by atoms with Crippen molar-refractivity contribution in [2.75, 3.05) is 26.2 Å². The number of amidine groups is 1. The summed E-state index contributed by atoms with van der Waals surface area (Å²) in [5, 5.41) is 0. The first-order valence-electron chi connectivity index (χ1n) is 11.2. The van der Waals surface area contributed by atoms with Gasteiger partial charge in [0.15, 0.2) is 0 Å². The Hall–Kier alpha value is -2.79. The molecule has 5 heteroatoms. The van der Waals surface area contributed by atoms with Crippen LogP contribution in [0.2, 0.25) is 0 Å². The Balaban J connectivity index is 0.000000300. The molecule has 0 amide bonds. The monoisotopic (exact) mass is 439 g/mol. The Labute approximate surface area is 196 Å². The maximum absolute atomic E-state index is 12.7. The maximum atomic E-state index is 12.7. The van der Waals surface area contributed by atoms with Crippen molar-refractivity contribution in [1.29, 1.82) is 0 Å². The van der Waals surface area contributed by atoms with Gasteiger partial charge in [-0.1, -0.05) is 60.3 Å². The largest absolute Gasteiger partial charge is 0.580 e.